The lowest BCUT2D eigenvalue weighted by atomic mass is 10.2. The van der Waals surface area contributed by atoms with Crippen molar-refractivity contribution in [3.8, 4) is 17.2 Å². The van der Waals surface area contributed by atoms with Crippen LogP contribution in [0.25, 0.3) is 0 Å². The summed E-state index contributed by atoms with van der Waals surface area (Å²) in [6, 6.07) is 18.2. The molecule has 8 nitrogen and oxygen atoms in total. The molecule has 0 saturated carbocycles. The molecule has 0 aromatic heterocycles. The van der Waals surface area contributed by atoms with Gasteiger partial charge in [-0.3, -0.25) is 9.59 Å². The molecule has 10 heteroatoms. The number of nitrogens with one attached hydrogen (secondary N) is 1. The Morgan fingerprint density at radius 3 is 2.34 bits per heavy atom. The van der Waals surface area contributed by atoms with Gasteiger partial charge in [-0.2, -0.15) is 5.10 Å². The molecule has 0 bridgehead atoms. The molecule has 0 unspecified atom stereocenters. The molecule has 0 aliphatic heterocycles. The number of rotatable bonds is 11. The van der Waals surface area contributed by atoms with Crippen LogP contribution in [0.15, 0.2) is 74.7 Å². The van der Waals surface area contributed by atoms with Crippen molar-refractivity contribution in [2.75, 3.05) is 13.2 Å². The Hall–Kier alpha value is -3.37. The average Bonchev–Trinajstić information content (AvgIpc) is 2.83. The van der Waals surface area contributed by atoms with Crippen LogP contribution in [0.3, 0.4) is 0 Å². The maximum atomic E-state index is 12.6. The van der Waals surface area contributed by atoms with Gasteiger partial charge in [0.05, 0.1) is 21.8 Å². The lowest BCUT2D eigenvalue weighted by Crippen LogP contribution is -2.20. The lowest BCUT2D eigenvalue weighted by Gasteiger charge is -2.13. The number of primary amides is 1. The second-order valence-corrected chi connectivity index (χ2v) is 8.85. The molecule has 0 aliphatic rings. The highest BCUT2D eigenvalue weighted by atomic mass is 79.9. The number of carbonyl (C=O) groups excluding carboxylic acids is 2. The number of hydrogen-bond acceptors (Lipinski definition) is 6. The van der Waals surface area contributed by atoms with E-state index in [1.165, 1.54) is 6.21 Å². The fourth-order valence-corrected chi connectivity index (χ4v) is 4.39. The molecule has 0 saturated heterocycles. The van der Waals surface area contributed by atoms with Crippen LogP contribution in [0, 0.1) is 0 Å². The largest absolute Gasteiger partial charge is 0.490 e. The number of amides is 2. The average molecular weight is 605 g/mol. The SMILES string of the molecule is CCOc1cc(C(=O)N/N=C/c2cc(Br)c(OCC(N)=O)c(Br)c2)ccc1OCc1ccccc1. The fraction of sp³-hybridized carbons (Fsp3) is 0.160. The Morgan fingerprint density at radius 1 is 0.971 bits per heavy atom. The summed E-state index contributed by atoms with van der Waals surface area (Å²) in [4.78, 5) is 23.6. The highest BCUT2D eigenvalue weighted by molar-refractivity contribution is 9.11. The van der Waals surface area contributed by atoms with E-state index < -0.39 is 11.8 Å². The summed E-state index contributed by atoms with van der Waals surface area (Å²) in [5.74, 6) is 0.461. The van der Waals surface area contributed by atoms with Crippen LogP contribution < -0.4 is 25.4 Å². The third-order valence-electron chi connectivity index (χ3n) is 4.50. The topological polar surface area (TPSA) is 112 Å². The van der Waals surface area contributed by atoms with Crippen LogP contribution in [0.1, 0.15) is 28.4 Å². The maximum Gasteiger partial charge on any atom is 0.271 e. The van der Waals surface area contributed by atoms with E-state index >= 15 is 0 Å². The molecule has 0 fully saturated rings. The van der Waals surface area contributed by atoms with Crippen LogP contribution in [0.4, 0.5) is 0 Å². The minimum atomic E-state index is -0.583. The molecule has 0 radical (unpaired) electrons. The summed E-state index contributed by atoms with van der Waals surface area (Å²) in [6.07, 6.45) is 1.48. The van der Waals surface area contributed by atoms with Gasteiger partial charge in [0.2, 0.25) is 0 Å². The molecule has 0 atom stereocenters. The highest BCUT2D eigenvalue weighted by Crippen LogP contribution is 2.34. The highest BCUT2D eigenvalue weighted by Gasteiger charge is 2.13. The van der Waals surface area contributed by atoms with Crippen molar-refractivity contribution in [3.05, 3.63) is 86.3 Å². The third-order valence-corrected chi connectivity index (χ3v) is 5.68. The first-order valence-electron chi connectivity index (χ1n) is 10.5. The Kier molecular flexibility index (Phi) is 9.68. The Labute approximate surface area is 219 Å². The van der Waals surface area contributed by atoms with E-state index in [2.05, 4.69) is 42.4 Å². The minimum Gasteiger partial charge on any atom is -0.490 e. The van der Waals surface area contributed by atoms with E-state index in [4.69, 9.17) is 19.9 Å². The van der Waals surface area contributed by atoms with Gasteiger partial charge in [-0.1, -0.05) is 30.3 Å². The number of carbonyl (C=O) groups is 2. The molecule has 35 heavy (non-hydrogen) atoms. The van der Waals surface area contributed by atoms with Crippen LogP contribution in [-0.4, -0.2) is 31.2 Å². The molecule has 2 amide bonds. The predicted molar refractivity (Wildman–Crippen MR) is 140 cm³/mol. The van der Waals surface area contributed by atoms with E-state index in [9.17, 15) is 9.59 Å². The molecule has 182 valence electrons. The van der Waals surface area contributed by atoms with Gasteiger partial charge in [0, 0.05) is 5.56 Å². The maximum absolute atomic E-state index is 12.6. The van der Waals surface area contributed by atoms with Crippen LogP contribution in [-0.2, 0) is 11.4 Å². The monoisotopic (exact) mass is 603 g/mol. The first kappa shape index (κ1) is 26.2. The van der Waals surface area contributed by atoms with E-state index in [0.29, 0.717) is 50.5 Å². The number of hydrogen-bond donors (Lipinski definition) is 2. The summed E-state index contributed by atoms with van der Waals surface area (Å²) >= 11 is 6.76. The van der Waals surface area contributed by atoms with Crippen molar-refractivity contribution in [2.45, 2.75) is 13.5 Å². The predicted octanol–water partition coefficient (Wildman–Crippen LogP) is 4.82. The summed E-state index contributed by atoms with van der Waals surface area (Å²) in [5.41, 5.74) is 9.69. The van der Waals surface area contributed by atoms with Crippen molar-refractivity contribution < 1.29 is 23.8 Å². The van der Waals surface area contributed by atoms with Gasteiger partial charge in [0.15, 0.2) is 18.1 Å². The van der Waals surface area contributed by atoms with Crippen molar-refractivity contribution in [1.82, 2.24) is 5.43 Å². The zero-order chi connectivity index (χ0) is 25.2. The van der Waals surface area contributed by atoms with E-state index in [1.807, 2.05) is 37.3 Å². The first-order valence-corrected chi connectivity index (χ1v) is 12.1. The first-order chi connectivity index (χ1) is 16.9. The van der Waals surface area contributed by atoms with Gasteiger partial charge in [-0.25, -0.2) is 5.43 Å². The standard InChI is InChI=1S/C25H23Br2N3O5/c1-2-33-22-12-18(8-9-21(22)34-14-16-6-4-3-5-7-16)25(32)30-29-13-17-10-19(26)24(20(27)11-17)35-15-23(28)31/h3-13H,2,14-15H2,1H3,(H2,28,31)(H,30,32)/b29-13+. The third kappa shape index (κ3) is 7.83. The molecule has 0 aliphatic carbocycles. The van der Waals surface area contributed by atoms with Gasteiger partial charge in [-0.05, 0) is 80.2 Å². The number of ether oxygens (including phenoxy) is 3. The Balaban J connectivity index is 1.66. The number of benzene rings is 3. The zero-order valence-electron chi connectivity index (χ0n) is 18.8. The van der Waals surface area contributed by atoms with Crippen molar-refractivity contribution in [2.24, 2.45) is 10.8 Å². The Morgan fingerprint density at radius 2 is 1.69 bits per heavy atom. The minimum absolute atomic E-state index is 0.249. The zero-order valence-corrected chi connectivity index (χ0v) is 22.0. The van der Waals surface area contributed by atoms with Crippen molar-refractivity contribution in [3.63, 3.8) is 0 Å². The number of nitrogens with two attached hydrogens (primary N) is 1. The summed E-state index contributed by atoms with van der Waals surface area (Å²) in [5, 5.41) is 4.02. The second kappa shape index (κ2) is 12.9. The smallest absolute Gasteiger partial charge is 0.271 e. The summed E-state index contributed by atoms with van der Waals surface area (Å²) in [7, 11) is 0. The number of halogens is 2. The molecular weight excluding hydrogens is 582 g/mol. The summed E-state index contributed by atoms with van der Waals surface area (Å²) in [6.45, 7) is 2.42. The fourth-order valence-electron chi connectivity index (χ4n) is 2.94. The van der Waals surface area contributed by atoms with Crippen LogP contribution in [0.5, 0.6) is 17.2 Å². The van der Waals surface area contributed by atoms with Gasteiger partial charge in [0.1, 0.15) is 12.4 Å². The quantitative estimate of drug-likeness (QED) is 0.241. The summed E-state index contributed by atoms with van der Waals surface area (Å²) < 4.78 is 18.1. The van der Waals surface area contributed by atoms with E-state index in [0.717, 1.165) is 5.56 Å². The normalized spacial score (nSPS) is 10.7. The number of hydrazone groups is 1. The second-order valence-electron chi connectivity index (χ2n) is 7.14. The molecule has 3 rings (SSSR count). The van der Waals surface area contributed by atoms with E-state index in [1.54, 1.807) is 30.3 Å². The molecular formula is C25H23Br2N3O5. The lowest BCUT2D eigenvalue weighted by molar-refractivity contribution is -0.119. The van der Waals surface area contributed by atoms with Crippen LogP contribution >= 0.6 is 31.9 Å². The number of nitrogens with zero attached hydrogens (tertiary/aromatic N) is 1. The van der Waals surface area contributed by atoms with Gasteiger partial charge >= 0.3 is 0 Å². The molecule has 3 aromatic carbocycles. The van der Waals surface area contributed by atoms with Gasteiger partial charge < -0.3 is 19.9 Å². The molecule has 3 aromatic rings. The van der Waals surface area contributed by atoms with Gasteiger partial charge in [0.25, 0.3) is 11.8 Å². The van der Waals surface area contributed by atoms with Crippen molar-refractivity contribution >= 4 is 49.9 Å². The molecule has 0 spiro atoms. The van der Waals surface area contributed by atoms with Crippen molar-refractivity contribution in [1.29, 1.82) is 0 Å². The van der Waals surface area contributed by atoms with Crippen LogP contribution in [0.2, 0.25) is 0 Å². The Bertz CT molecular complexity index is 1200. The molecule has 0 heterocycles. The van der Waals surface area contributed by atoms with E-state index in [-0.39, 0.29) is 6.61 Å². The molecule has 3 N–H and O–H groups in total. The van der Waals surface area contributed by atoms with Gasteiger partial charge in [-0.15, -0.1) is 0 Å².